The Labute approximate surface area is 175 Å². The Morgan fingerprint density at radius 1 is 1.17 bits per heavy atom. The Hall–Kier alpha value is -3.00. The molecule has 13 heteroatoms. The molecule has 1 aliphatic rings. The molecule has 0 spiro atoms. The lowest BCUT2D eigenvalue weighted by Crippen LogP contribution is -2.44. The number of primary sulfonamides is 1. The van der Waals surface area contributed by atoms with E-state index in [1.807, 2.05) is 18.2 Å². The van der Waals surface area contributed by atoms with E-state index in [0.29, 0.717) is 27.5 Å². The van der Waals surface area contributed by atoms with Crippen LogP contribution in [0.15, 0.2) is 40.1 Å². The first-order valence-electron chi connectivity index (χ1n) is 8.97. The molecule has 0 bridgehead atoms. The number of fused-ring (bicyclic) bond motifs is 1. The highest BCUT2D eigenvalue weighted by molar-refractivity contribution is 8.00. The number of H-pyrrole nitrogens is 2. The molecule has 0 unspecified atom stereocenters. The van der Waals surface area contributed by atoms with Gasteiger partial charge in [0.2, 0.25) is 15.8 Å². The van der Waals surface area contributed by atoms with Gasteiger partial charge in [-0.05, 0) is 34.5 Å². The summed E-state index contributed by atoms with van der Waals surface area (Å²) in [4.78, 5) is 7.72. The maximum absolute atomic E-state index is 12.7. The highest BCUT2D eigenvalue weighted by Gasteiger charge is 2.29. The largest absolute Gasteiger partial charge is 0.369 e. The lowest BCUT2D eigenvalue weighted by atomic mass is 9.98. The van der Waals surface area contributed by atoms with Crippen LogP contribution in [-0.2, 0) is 10.0 Å². The lowest BCUT2D eigenvalue weighted by Gasteiger charge is -2.27. The van der Waals surface area contributed by atoms with Gasteiger partial charge in [-0.3, -0.25) is 0 Å². The van der Waals surface area contributed by atoms with Gasteiger partial charge in [-0.2, -0.15) is 5.21 Å². The fraction of sp³-hybridized carbons (Fsp3) is 0.176. The van der Waals surface area contributed by atoms with Crippen LogP contribution in [0, 0.1) is 0 Å². The molecule has 0 amide bonds. The molecule has 0 saturated carbocycles. The van der Waals surface area contributed by atoms with Gasteiger partial charge in [-0.25, -0.2) is 18.5 Å². The summed E-state index contributed by atoms with van der Waals surface area (Å²) in [5.41, 5.74) is 8.81. The van der Waals surface area contributed by atoms with E-state index in [4.69, 9.17) is 10.9 Å². The van der Waals surface area contributed by atoms with Crippen molar-refractivity contribution >= 4 is 38.8 Å². The number of aromatic amines is 2. The average Bonchev–Trinajstić information content (AvgIpc) is 3.31. The van der Waals surface area contributed by atoms with Gasteiger partial charge in [0.15, 0.2) is 5.95 Å². The Morgan fingerprint density at radius 2 is 2.00 bits per heavy atom. The number of imidazole rings is 1. The van der Waals surface area contributed by atoms with Gasteiger partial charge < -0.3 is 16.0 Å². The van der Waals surface area contributed by atoms with E-state index < -0.39 is 10.0 Å². The number of benzene rings is 2. The van der Waals surface area contributed by atoms with Crippen molar-refractivity contribution in [1.82, 2.24) is 35.9 Å². The van der Waals surface area contributed by atoms with Crippen LogP contribution in [0.2, 0.25) is 0 Å². The van der Waals surface area contributed by atoms with E-state index in [-0.39, 0.29) is 16.0 Å². The van der Waals surface area contributed by atoms with E-state index in [1.165, 1.54) is 11.8 Å². The molecule has 4 aromatic rings. The minimum absolute atomic E-state index is 0.0116. The smallest absolute Gasteiger partial charge is 0.239 e. The molecule has 11 nitrogen and oxygen atoms in total. The van der Waals surface area contributed by atoms with Crippen LogP contribution in [0.1, 0.15) is 0 Å². The van der Waals surface area contributed by atoms with Crippen molar-refractivity contribution in [3.63, 3.8) is 0 Å². The van der Waals surface area contributed by atoms with Crippen LogP contribution in [0.3, 0.4) is 0 Å². The molecule has 2 aromatic carbocycles. The first-order valence-corrected chi connectivity index (χ1v) is 11.4. The number of nitrogens with zero attached hydrogens (tertiary/aromatic N) is 4. The second-order valence-corrected chi connectivity index (χ2v) is 9.69. The van der Waals surface area contributed by atoms with Crippen LogP contribution in [0.25, 0.3) is 33.5 Å². The first-order chi connectivity index (χ1) is 14.4. The molecule has 30 heavy (non-hydrogen) atoms. The SMILES string of the molecule is Nc1nc2ccc(-c3ccc(SC4CNC4)c(S(N)(=O)=O)c3-c3nn[nH]n3)cc2[nH]1. The molecule has 1 saturated heterocycles. The summed E-state index contributed by atoms with van der Waals surface area (Å²) >= 11 is 1.46. The summed E-state index contributed by atoms with van der Waals surface area (Å²) in [5, 5.41) is 23.2. The second kappa shape index (κ2) is 7.05. The number of anilines is 1. The number of tetrazole rings is 1. The standard InChI is InChI=1S/C17H17N9O2S2/c18-17-21-11-3-1-8(5-12(11)22-17)10-2-4-13(29-9-6-20-7-9)15(30(19,27)28)14(10)16-23-25-26-24-16/h1-5,9,20H,6-7H2,(H3,18,21,22)(H2,19,27,28)(H,23,24,25,26). The summed E-state index contributed by atoms with van der Waals surface area (Å²) in [7, 11) is -4.09. The summed E-state index contributed by atoms with van der Waals surface area (Å²) < 4.78 is 25.4. The quantitative estimate of drug-likeness (QED) is 0.296. The summed E-state index contributed by atoms with van der Waals surface area (Å²) in [6.45, 7) is 1.60. The molecule has 0 aliphatic carbocycles. The molecular formula is C17H17N9O2S2. The van der Waals surface area contributed by atoms with Crippen LogP contribution >= 0.6 is 11.8 Å². The Kier molecular flexibility index (Phi) is 4.47. The minimum Gasteiger partial charge on any atom is -0.369 e. The molecule has 5 rings (SSSR count). The molecular weight excluding hydrogens is 426 g/mol. The third-order valence-corrected chi connectivity index (χ3v) is 7.21. The van der Waals surface area contributed by atoms with Crippen molar-refractivity contribution in [2.45, 2.75) is 15.0 Å². The number of nitrogens with one attached hydrogen (secondary N) is 3. The Bertz CT molecular complexity index is 1350. The normalized spacial score (nSPS) is 14.8. The van der Waals surface area contributed by atoms with E-state index in [9.17, 15) is 8.42 Å². The third-order valence-electron chi connectivity index (χ3n) is 4.82. The molecule has 7 N–H and O–H groups in total. The molecule has 1 fully saturated rings. The van der Waals surface area contributed by atoms with Crippen molar-refractivity contribution in [1.29, 1.82) is 0 Å². The number of nitrogens with two attached hydrogens (primary N) is 2. The summed E-state index contributed by atoms with van der Waals surface area (Å²) in [5.74, 6) is 0.444. The van der Waals surface area contributed by atoms with Gasteiger partial charge in [0.25, 0.3) is 0 Å². The first kappa shape index (κ1) is 19.0. The zero-order valence-electron chi connectivity index (χ0n) is 15.5. The van der Waals surface area contributed by atoms with Crippen molar-refractivity contribution in [3.05, 3.63) is 30.3 Å². The predicted octanol–water partition coefficient (Wildman–Crippen LogP) is 0.703. The third kappa shape index (κ3) is 3.31. The second-order valence-electron chi connectivity index (χ2n) is 6.85. The van der Waals surface area contributed by atoms with Crippen LogP contribution in [0.5, 0.6) is 0 Å². The highest BCUT2D eigenvalue weighted by Crippen LogP contribution is 2.42. The van der Waals surface area contributed by atoms with Crippen molar-refractivity contribution in [2.24, 2.45) is 5.14 Å². The minimum atomic E-state index is -4.09. The Balaban J connectivity index is 1.77. The molecule has 3 heterocycles. The van der Waals surface area contributed by atoms with Crippen molar-refractivity contribution in [3.8, 4) is 22.5 Å². The topological polar surface area (TPSA) is 181 Å². The molecule has 0 radical (unpaired) electrons. The number of thioether (sulfide) groups is 1. The molecule has 0 atom stereocenters. The average molecular weight is 444 g/mol. The van der Waals surface area contributed by atoms with Gasteiger partial charge >= 0.3 is 0 Å². The Morgan fingerprint density at radius 3 is 2.67 bits per heavy atom. The van der Waals surface area contributed by atoms with Gasteiger partial charge in [0, 0.05) is 23.2 Å². The zero-order valence-corrected chi connectivity index (χ0v) is 17.1. The zero-order chi connectivity index (χ0) is 20.9. The van der Waals surface area contributed by atoms with Crippen LogP contribution in [0.4, 0.5) is 5.95 Å². The van der Waals surface area contributed by atoms with Crippen LogP contribution < -0.4 is 16.2 Å². The predicted molar refractivity (Wildman–Crippen MR) is 113 cm³/mol. The van der Waals surface area contributed by atoms with Gasteiger partial charge in [-0.1, -0.05) is 12.1 Å². The molecule has 1 aliphatic heterocycles. The molecule has 2 aromatic heterocycles. The number of hydrogen-bond donors (Lipinski definition) is 5. The monoisotopic (exact) mass is 443 g/mol. The van der Waals surface area contributed by atoms with Crippen LogP contribution in [-0.4, -0.2) is 57.3 Å². The van der Waals surface area contributed by atoms with E-state index in [1.54, 1.807) is 12.1 Å². The lowest BCUT2D eigenvalue weighted by molar-refractivity contribution is 0.543. The van der Waals surface area contributed by atoms with Gasteiger partial charge in [0.1, 0.15) is 4.90 Å². The van der Waals surface area contributed by atoms with E-state index in [0.717, 1.165) is 24.2 Å². The van der Waals surface area contributed by atoms with Crippen molar-refractivity contribution in [2.75, 3.05) is 18.8 Å². The number of nitrogen functional groups attached to an aromatic ring is 1. The fourth-order valence-electron chi connectivity index (χ4n) is 3.39. The highest BCUT2D eigenvalue weighted by atomic mass is 32.2. The maximum atomic E-state index is 12.7. The number of aromatic nitrogens is 6. The van der Waals surface area contributed by atoms with Gasteiger partial charge in [0.05, 0.1) is 16.6 Å². The van der Waals surface area contributed by atoms with Gasteiger partial charge in [-0.15, -0.1) is 22.0 Å². The van der Waals surface area contributed by atoms with Crippen molar-refractivity contribution < 1.29 is 8.42 Å². The molecule has 154 valence electrons. The fourth-order valence-corrected chi connectivity index (χ4v) is 5.84. The summed E-state index contributed by atoms with van der Waals surface area (Å²) in [6, 6.07) is 9.09. The number of hydrogen-bond acceptors (Lipinski definition) is 9. The summed E-state index contributed by atoms with van der Waals surface area (Å²) in [6.07, 6.45) is 0. The number of sulfonamides is 1. The van der Waals surface area contributed by atoms with E-state index in [2.05, 4.69) is 35.9 Å². The van der Waals surface area contributed by atoms with E-state index >= 15 is 0 Å². The maximum Gasteiger partial charge on any atom is 0.239 e. The number of rotatable bonds is 5.